The highest BCUT2D eigenvalue weighted by molar-refractivity contribution is 5.59. The van der Waals surface area contributed by atoms with Crippen molar-refractivity contribution in [1.29, 1.82) is 0 Å². The molecule has 0 spiro atoms. The number of hydrogen-bond acceptors (Lipinski definition) is 5. The van der Waals surface area contributed by atoms with Crippen LogP contribution in [0.25, 0.3) is 11.3 Å². The molecule has 3 aromatic rings. The van der Waals surface area contributed by atoms with Gasteiger partial charge in [0.2, 0.25) is 0 Å². The highest BCUT2D eigenvalue weighted by Gasteiger charge is 2.18. The van der Waals surface area contributed by atoms with E-state index in [9.17, 15) is 0 Å². The summed E-state index contributed by atoms with van der Waals surface area (Å²) in [4.78, 5) is 4.68. The van der Waals surface area contributed by atoms with Gasteiger partial charge in [0, 0.05) is 37.4 Å². The summed E-state index contributed by atoms with van der Waals surface area (Å²) in [6.45, 7) is 3.81. The number of rotatable bonds is 4. The molecule has 0 N–H and O–H groups in total. The lowest BCUT2D eigenvalue weighted by molar-refractivity contribution is 0.415. The summed E-state index contributed by atoms with van der Waals surface area (Å²) < 4.78 is 5.23. The molecule has 0 bridgehead atoms. The van der Waals surface area contributed by atoms with Gasteiger partial charge in [-0.2, -0.15) is 0 Å². The fourth-order valence-corrected chi connectivity index (χ4v) is 3.24. The third-order valence-corrected chi connectivity index (χ3v) is 4.76. The molecular formula is C21H22N4O. The van der Waals surface area contributed by atoms with Crippen molar-refractivity contribution < 1.29 is 4.74 Å². The second-order valence-corrected chi connectivity index (χ2v) is 6.31. The van der Waals surface area contributed by atoms with Crippen LogP contribution in [-0.4, -0.2) is 43.5 Å². The normalized spacial score (nSPS) is 14.3. The van der Waals surface area contributed by atoms with Crippen molar-refractivity contribution >= 4 is 11.5 Å². The van der Waals surface area contributed by atoms with Crippen LogP contribution in [0.3, 0.4) is 0 Å². The van der Waals surface area contributed by atoms with Crippen LogP contribution < -0.4 is 14.5 Å². The molecule has 2 heterocycles. The molecule has 2 aromatic carbocycles. The smallest absolute Gasteiger partial charge is 0.151 e. The number of benzene rings is 2. The number of nitrogens with zero attached hydrogens (tertiary/aromatic N) is 4. The van der Waals surface area contributed by atoms with E-state index in [1.807, 2.05) is 36.4 Å². The molecule has 0 aliphatic carbocycles. The summed E-state index contributed by atoms with van der Waals surface area (Å²) in [7, 11) is 1.69. The van der Waals surface area contributed by atoms with Gasteiger partial charge in [0.15, 0.2) is 5.82 Å². The number of hydrogen-bond donors (Lipinski definition) is 0. The van der Waals surface area contributed by atoms with E-state index in [2.05, 4.69) is 50.3 Å². The summed E-state index contributed by atoms with van der Waals surface area (Å²) in [6, 6.07) is 22.5. The van der Waals surface area contributed by atoms with Crippen molar-refractivity contribution in [3.63, 3.8) is 0 Å². The fraction of sp³-hybridized carbons (Fsp3) is 0.238. The maximum Gasteiger partial charge on any atom is 0.151 e. The molecule has 0 atom stereocenters. The molecule has 26 heavy (non-hydrogen) atoms. The van der Waals surface area contributed by atoms with Crippen LogP contribution in [0.15, 0.2) is 66.7 Å². The van der Waals surface area contributed by atoms with Gasteiger partial charge in [-0.05, 0) is 36.4 Å². The van der Waals surface area contributed by atoms with Gasteiger partial charge in [0.1, 0.15) is 5.75 Å². The van der Waals surface area contributed by atoms with Gasteiger partial charge in [-0.15, -0.1) is 10.2 Å². The van der Waals surface area contributed by atoms with Crippen molar-refractivity contribution in [3.05, 3.63) is 66.7 Å². The van der Waals surface area contributed by atoms with E-state index in [0.29, 0.717) is 0 Å². The highest BCUT2D eigenvalue weighted by atomic mass is 16.5. The molecule has 132 valence electrons. The summed E-state index contributed by atoms with van der Waals surface area (Å²) in [5.74, 6) is 1.83. The maximum atomic E-state index is 5.23. The van der Waals surface area contributed by atoms with E-state index in [-0.39, 0.29) is 0 Å². The second kappa shape index (κ2) is 7.44. The predicted octanol–water partition coefficient (Wildman–Crippen LogP) is 3.48. The zero-order valence-corrected chi connectivity index (χ0v) is 14.9. The lowest BCUT2D eigenvalue weighted by Crippen LogP contribution is -2.46. The van der Waals surface area contributed by atoms with Crippen molar-refractivity contribution in [2.24, 2.45) is 0 Å². The van der Waals surface area contributed by atoms with E-state index in [0.717, 1.165) is 49.0 Å². The lowest BCUT2D eigenvalue weighted by atomic mass is 10.1. The fourth-order valence-electron chi connectivity index (χ4n) is 3.24. The van der Waals surface area contributed by atoms with Crippen molar-refractivity contribution in [2.45, 2.75) is 0 Å². The Morgan fingerprint density at radius 3 is 2.04 bits per heavy atom. The number of aromatic nitrogens is 2. The molecule has 0 unspecified atom stereocenters. The molecule has 4 rings (SSSR count). The monoisotopic (exact) mass is 346 g/mol. The summed E-state index contributed by atoms with van der Waals surface area (Å²) in [5, 5.41) is 8.84. The van der Waals surface area contributed by atoms with Crippen molar-refractivity contribution in [2.75, 3.05) is 43.1 Å². The van der Waals surface area contributed by atoms with E-state index < -0.39 is 0 Å². The van der Waals surface area contributed by atoms with Crippen molar-refractivity contribution in [3.8, 4) is 17.0 Å². The minimum atomic E-state index is 0.890. The van der Waals surface area contributed by atoms with E-state index in [4.69, 9.17) is 4.74 Å². The van der Waals surface area contributed by atoms with Crippen LogP contribution in [0.4, 0.5) is 11.5 Å². The summed E-state index contributed by atoms with van der Waals surface area (Å²) in [5.41, 5.74) is 3.23. The van der Waals surface area contributed by atoms with Gasteiger partial charge in [0.05, 0.1) is 12.8 Å². The van der Waals surface area contributed by atoms with Gasteiger partial charge >= 0.3 is 0 Å². The average Bonchev–Trinajstić information content (AvgIpc) is 2.75. The highest BCUT2D eigenvalue weighted by Crippen LogP contribution is 2.23. The molecule has 0 saturated carbocycles. The molecule has 5 nitrogen and oxygen atoms in total. The molecule has 5 heteroatoms. The average molecular weight is 346 g/mol. The Morgan fingerprint density at radius 2 is 1.42 bits per heavy atom. The van der Waals surface area contributed by atoms with Crippen LogP contribution in [0, 0.1) is 0 Å². The SMILES string of the molecule is COc1ccc(N2CCN(c3ccc(-c4ccccc4)nn3)CC2)cc1. The standard InChI is InChI=1S/C21H22N4O/c1-26-19-9-7-18(8-10-19)24-13-15-25(16-14-24)21-12-11-20(22-23-21)17-5-3-2-4-6-17/h2-12H,13-16H2,1H3. The predicted molar refractivity (Wildman–Crippen MR) is 105 cm³/mol. The molecule has 1 saturated heterocycles. The Morgan fingerprint density at radius 1 is 0.731 bits per heavy atom. The van der Waals surface area contributed by atoms with E-state index in [1.165, 1.54) is 5.69 Å². The Bertz CT molecular complexity index is 826. The number of anilines is 2. The van der Waals surface area contributed by atoms with Gasteiger partial charge in [-0.3, -0.25) is 0 Å². The zero-order chi connectivity index (χ0) is 17.8. The Kier molecular flexibility index (Phi) is 4.69. The Balaban J connectivity index is 1.40. The first-order chi connectivity index (χ1) is 12.8. The molecule has 1 fully saturated rings. The lowest BCUT2D eigenvalue weighted by Gasteiger charge is -2.36. The molecule has 0 radical (unpaired) electrons. The van der Waals surface area contributed by atoms with Gasteiger partial charge in [0.25, 0.3) is 0 Å². The first-order valence-electron chi connectivity index (χ1n) is 8.86. The third kappa shape index (κ3) is 3.47. The molecule has 0 amide bonds. The van der Waals surface area contributed by atoms with Crippen LogP contribution in [0.5, 0.6) is 5.75 Å². The zero-order valence-electron chi connectivity index (χ0n) is 14.9. The van der Waals surface area contributed by atoms with Crippen LogP contribution in [0.2, 0.25) is 0 Å². The molecule has 1 aliphatic rings. The Labute approximate surface area is 153 Å². The minimum Gasteiger partial charge on any atom is -0.497 e. The largest absolute Gasteiger partial charge is 0.497 e. The summed E-state index contributed by atoms with van der Waals surface area (Å²) in [6.07, 6.45) is 0. The van der Waals surface area contributed by atoms with Gasteiger partial charge in [-0.1, -0.05) is 30.3 Å². The van der Waals surface area contributed by atoms with Gasteiger partial charge in [-0.25, -0.2) is 0 Å². The van der Waals surface area contributed by atoms with Crippen LogP contribution in [0.1, 0.15) is 0 Å². The molecular weight excluding hydrogens is 324 g/mol. The first-order valence-corrected chi connectivity index (χ1v) is 8.86. The number of piperazine rings is 1. The van der Waals surface area contributed by atoms with Crippen molar-refractivity contribution in [1.82, 2.24) is 10.2 Å². The summed E-state index contributed by atoms with van der Waals surface area (Å²) >= 11 is 0. The van der Waals surface area contributed by atoms with E-state index in [1.54, 1.807) is 7.11 Å². The molecule has 1 aromatic heterocycles. The van der Waals surface area contributed by atoms with Crippen LogP contribution >= 0.6 is 0 Å². The Hall–Kier alpha value is -3.08. The maximum absolute atomic E-state index is 5.23. The molecule has 1 aliphatic heterocycles. The van der Waals surface area contributed by atoms with Crippen LogP contribution in [-0.2, 0) is 0 Å². The van der Waals surface area contributed by atoms with Gasteiger partial charge < -0.3 is 14.5 Å². The quantitative estimate of drug-likeness (QED) is 0.723. The number of ether oxygens (including phenoxy) is 1. The second-order valence-electron chi connectivity index (χ2n) is 6.31. The van der Waals surface area contributed by atoms with E-state index >= 15 is 0 Å². The first kappa shape index (κ1) is 16.4. The third-order valence-electron chi connectivity index (χ3n) is 4.76. The topological polar surface area (TPSA) is 41.5 Å². The number of methoxy groups -OCH3 is 1. The minimum absolute atomic E-state index is 0.890.